The summed E-state index contributed by atoms with van der Waals surface area (Å²) in [7, 11) is 0. The Balaban J connectivity index is 1.05. The molecule has 16 aromatic rings. The van der Waals surface area contributed by atoms with E-state index in [1.165, 1.54) is 4.57 Å². The second kappa shape index (κ2) is 19.2. The molecule has 0 amide bonds. The van der Waals surface area contributed by atoms with E-state index in [0.717, 1.165) is 38.6 Å². The first kappa shape index (κ1) is 35.4. The molecule has 5 nitrogen and oxygen atoms in total. The van der Waals surface area contributed by atoms with Gasteiger partial charge in [0.2, 0.25) is 0 Å². The van der Waals surface area contributed by atoms with Crippen LogP contribution in [0.2, 0.25) is 0 Å². The van der Waals surface area contributed by atoms with Crippen LogP contribution in [0.15, 0.2) is 294 Å². The van der Waals surface area contributed by atoms with Crippen LogP contribution >= 0.6 is 0 Å². The molecule has 0 aliphatic carbocycles. The van der Waals surface area contributed by atoms with Crippen LogP contribution in [0.25, 0.3) is 116 Å². The van der Waals surface area contributed by atoms with E-state index >= 15 is 0 Å². The summed E-state index contributed by atoms with van der Waals surface area (Å²) in [6.07, 6.45) is 0. The fourth-order valence-electron chi connectivity index (χ4n) is 13.8. The molecule has 13 aromatic carbocycles. The number of rotatable bonds is 7. The van der Waals surface area contributed by atoms with Gasteiger partial charge in [-0.3, -0.25) is 0 Å². The average molecular weight is 1140 g/mol. The molecule has 88 heavy (non-hydrogen) atoms. The molecular weight excluding hydrogens is 1070 g/mol. The van der Waals surface area contributed by atoms with Crippen molar-refractivity contribution < 1.29 is 33.5 Å². The number of hydrogen-bond donors (Lipinski definition) is 0. The van der Waals surface area contributed by atoms with Gasteiger partial charge in [0.25, 0.3) is 6.71 Å². The lowest BCUT2D eigenvalue weighted by molar-refractivity contribution is 0.592. The number of benzene rings is 13. The van der Waals surface area contributed by atoms with Gasteiger partial charge in [-0.1, -0.05) is 257 Å². The summed E-state index contributed by atoms with van der Waals surface area (Å²) in [5, 5.41) is 2.67. The van der Waals surface area contributed by atoms with Crippen molar-refractivity contribution in [2.24, 2.45) is 0 Å². The van der Waals surface area contributed by atoms with Crippen molar-refractivity contribution in [2.75, 3.05) is 9.80 Å². The predicted molar refractivity (Wildman–Crippen MR) is 370 cm³/mol. The molecule has 0 bridgehead atoms. The van der Waals surface area contributed by atoms with E-state index in [0.29, 0.717) is 83.6 Å². The van der Waals surface area contributed by atoms with Gasteiger partial charge in [0.1, 0.15) is 11.2 Å². The predicted octanol–water partition coefficient (Wildman–Crippen LogP) is 20.6. The Morgan fingerprint density at radius 2 is 0.795 bits per heavy atom. The maximum atomic E-state index is 9.88. The smallest absolute Gasteiger partial charge is 0.252 e. The number of aromatic nitrogens is 1. The first-order valence-corrected chi connectivity index (χ1v) is 29.0. The van der Waals surface area contributed by atoms with Gasteiger partial charge in [0.15, 0.2) is 11.2 Å². The number of fused-ring (bicyclic) bond motifs is 13. The highest BCUT2D eigenvalue weighted by atomic mass is 16.3. The molecule has 2 aliphatic rings. The van der Waals surface area contributed by atoms with Gasteiger partial charge in [0, 0.05) is 66.2 Å². The fourth-order valence-corrected chi connectivity index (χ4v) is 13.8. The number of furan rings is 2. The molecule has 0 saturated carbocycles. The first-order chi connectivity index (χ1) is 50.8. The molecule has 0 spiro atoms. The molecule has 0 unspecified atom stereocenters. The van der Waals surface area contributed by atoms with Crippen molar-refractivity contribution in [3.05, 3.63) is 290 Å². The number of hydrogen-bond acceptors (Lipinski definition) is 4. The maximum Gasteiger partial charge on any atom is 0.252 e. The van der Waals surface area contributed by atoms with Crippen LogP contribution in [0.5, 0.6) is 0 Å². The summed E-state index contributed by atoms with van der Waals surface area (Å²) in [5.74, 6) is 0. The van der Waals surface area contributed by atoms with Crippen LogP contribution in [-0.2, 0) is 5.41 Å². The zero-order valence-corrected chi connectivity index (χ0v) is 47.5. The molecule has 18 rings (SSSR count). The van der Waals surface area contributed by atoms with Crippen molar-refractivity contribution in [3.63, 3.8) is 0 Å². The van der Waals surface area contributed by atoms with Crippen molar-refractivity contribution in [3.8, 4) is 50.2 Å². The SMILES string of the molecule is [2H]c1c([2H])c([2H])c(-c2ccc3c(c2)B2c4cc(-c5c([2H])c([2H])c([2H])c([2H])c5[2H])ccc4N(c4cccc5c4oc4c(-c6ccccc6C(C)(C)C)cccc45)c4cc(-n5c6c([2H])c([2H])c([2H])c([2H])c6c6c([2H])c([2H])c([2H])c([2H])c65)cc(c42)N3c2cccc3c2oc2c(-c4ccccc4)cccc23)c([2H])c1[2H]. The van der Waals surface area contributed by atoms with Crippen molar-refractivity contribution >= 4 is 123 Å². The third-order valence-electron chi connectivity index (χ3n) is 17.5. The fraction of sp³-hybridized carbons (Fsp3) is 0.0488. The lowest BCUT2D eigenvalue weighted by atomic mass is 9.33. The van der Waals surface area contributed by atoms with Crippen molar-refractivity contribution in [2.45, 2.75) is 26.2 Å². The molecule has 3 aromatic heterocycles. The molecule has 2 aliphatic heterocycles. The summed E-state index contributed by atoms with van der Waals surface area (Å²) in [6, 6.07) is 45.7. The summed E-state index contributed by atoms with van der Waals surface area (Å²) in [4.78, 5) is 3.97. The third kappa shape index (κ3) is 7.48. The van der Waals surface area contributed by atoms with Gasteiger partial charge < -0.3 is 23.2 Å². The Morgan fingerprint density at radius 3 is 1.34 bits per heavy atom. The summed E-state index contributed by atoms with van der Waals surface area (Å²) in [6.45, 7) is 5.43. The van der Waals surface area contributed by atoms with Crippen LogP contribution < -0.4 is 26.2 Å². The highest BCUT2D eigenvalue weighted by Gasteiger charge is 2.45. The van der Waals surface area contributed by atoms with E-state index in [1.54, 1.807) is 42.5 Å². The van der Waals surface area contributed by atoms with Gasteiger partial charge in [-0.05, 0) is 109 Å². The minimum Gasteiger partial charge on any atom is -0.453 e. The summed E-state index contributed by atoms with van der Waals surface area (Å²) in [5.41, 5.74) is 10.4. The highest BCUT2D eigenvalue weighted by molar-refractivity contribution is 7.00. The average Bonchev–Trinajstić information content (AvgIpc) is 1.09. The van der Waals surface area contributed by atoms with Crippen molar-refractivity contribution in [1.82, 2.24) is 4.57 Å². The van der Waals surface area contributed by atoms with E-state index < -0.39 is 115 Å². The van der Waals surface area contributed by atoms with E-state index in [9.17, 15) is 13.7 Å². The molecule has 0 fully saturated rings. The number of anilines is 6. The van der Waals surface area contributed by atoms with Gasteiger partial charge in [-0.25, -0.2) is 0 Å². The third-order valence-corrected chi connectivity index (χ3v) is 17.5. The van der Waals surface area contributed by atoms with Crippen LogP contribution in [0.3, 0.4) is 0 Å². The normalized spacial score (nSPS) is 15.7. The maximum absolute atomic E-state index is 9.88. The highest BCUT2D eigenvalue weighted by Crippen LogP contribution is 2.52. The Kier molecular flexibility index (Phi) is 7.73. The Bertz CT molecular complexity index is 6530. The lowest BCUT2D eigenvalue weighted by Crippen LogP contribution is -2.61. The zero-order chi connectivity index (χ0) is 74.0. The van der Waals surface area contributed by atoms with Gasteiger partial charge in [-0.2, -0.15) is 0 Å². The molecule has 5 heterocycles. The minimum absolute atomic E-state index is 0.0957. The monoisotopic (exact) mass is 1140 g/mol. The van der Waals surface area contributed by atoms with Gasteiger partial charge in [-0.15, -0.1) is 0 Å². The molecular formula is C82H56BN3O2. The zero-order valence-electron chi connectivity index (χ0n) is 65.5. The van der Waals surface area contributed by atoms with E-state index in [2.05, 4.69) is 32.9 Å². The molecule has 6 heteroatoms. The standard InChI is InChI=1S/C82H56BN3O2/c1-82(2,3)66-38-16-13-29-58(66)61-33-20-35-63-65-37-22-42-74(81(65)88-79(61)63)86-72-46-44-55(52-25-9-5-10-26-52)48-68(72)83-67-47-54(51-23-7-4-8-24-51)43-45-71(67)85(73-41-21-36-64-62-34-19-32-57(78(62)87-80(64)73)53-27-11-6-12-28-53)75-49-56(50-76(86)77(75)83)84-69-39-17-14-30-59(69)60-31-15-18-40-70(60)84/h4-50H,1-3H3/i4D,5D,7D,8D,9D,10D,14D,15D,17D,18D,23D,24D,25D,26D,30D,31D,39D,40D. The Labute approximate surface area is 535 Å². The van der Waals surface area contributed by atoms with Crippen LogP contribution in [0.1, 0.15) is 51.0 Å². The quantitative estimate of drug-likeness (QED) is 0.149. The van der Waals surface area contributed by atoms with Crippen LogP contribution in [-0.4, -0.2) is 11.3 Å². The summed E-state index contributed by atoms with van der Waals surface area (Å²) >= 11 is 0. The number of para-hydroxylation sites is 6. The van der Waals surface area contributed by atoms with Crippen LogP contribution in [0, 0.1) is 0 Å². The molecule has 414 valence electrons. The van der Waals surface area contributed by atoms with E-state index in [-0.39, 0.29) is 55.2 Å². The molecule has 0 saturated heterocycles. The largest absolute Gasteiger partial charge is 0.453 e. The lowest BCUT2D eigenvalue weighted by Gasteiger charge is -2.44. The van der Waals surface area contributed by atoms with E-state index in [1.807, 2.05) is 131 Å². The second-order valence-electron chi connectivity index (χ2n) is 23.4. The second-order valence-corrected chi connectivity index (χ2v) is 23.4. The van der Waals surface area contributed by atoms with Crippen molar-refractivity contribution in [1.29, 1.82) is 0 Å². The van der Waals surface area contributed by atoms with E-state index in [4.69, 9.17) is 19.8 Å². The topological polar surface area (TPSA) is 37.7 Å². The Morgan fingerprint density at radius 1 is 0.341 bits per heavy atom. The minimum atomic E-state index is -1.03. The summed E-state index contributed by atoms with van der Waals surface area (Å²) < 4.78 is 183. The van der Waals surface area contributed by atoms with Gasteiger partial charge >= 0.3 is 0 Å². The number of nitrogens with zero attached hydrogens (tertiary/aromatic N) is 3. The van der Waals surface area contributed by atoms with Crippen LogP contribution in [0.4, 0.5) is 34.1 Å². The molecule has 0 radical (unpaired) electrons. The molecule has 0 atom stereocenters. The Hall–Kier alpha value is -11.1. The molecule has 0 N–H and O–H groups in total. The van der Waals surface area contributed by atoms with Gasteiger partial charge in [0.05, 0.1) is 52.8 Å². The first-order valence-electron chi connectivity index (χ1n) is 38.0.